The number of allylic oxidation sites excluding steroid dienone is 2. The van der Waals surface area contributed by atoms with Crippen LogP contribution in [0.3, 0.4) is 0 Å². The number of hydrogen-bond acceptors (Lipinski definition) is 2. The zero-order chi connectivity index (χ0) is 11.3. The molecular formula is C11H13NO3. The smallest absolute Gasteiger partial charge is 0.327 e. The zero-order valence-electron chi connectivity index (χ0n) is 8.27. The predicted molar refractivity (Wildman–Crippen MR) is 54.9 cm³/mol. The number of carbonyl (C=O) groups is 2. The molecule has 0 fully saturated rings. The molecule has 4 heteroatoms. The molecule has 0 heterocycles. The molecule has 1 atom stereocenters. The van der Waals surface area contributed by atoms with Gasteiger partial charge in [-0.1, -0.05) is 12.2 Å². The maximum absolute atomic E-state index is 11.6. The predicted octanol–water partition coefficient (Wildman–Crippen LogP) is 0.545. The molecule has 15 heavy (non-hydrogen) atoms. The first-order chi connectivity index (χ1) is 7.15. The summed E-state index contributed by atoms with van der Waals surface area (Å²) in [4.78, 5) is 22.3. The molecule has 0 spiro atoms. The number of nitrogens with one attached hydrogen (secondary N) is 1. The van der Waals surface area contributed by atoms with Crippen molar-refractivity contribution < 1.29 is 14.7 Å². The summed E-state index contributed by atoms with van der Waals surface area (Å²) in [6.07, 6.45) is 10.2. The van der Waals surface area contributed by atoms with Crippen molar-refractivity contribution in [3.63, 3.8) is 0 Å². The molecule has 2 N–H and O–H groups in total. The first kappa shape index (κ1) is 11.3. The van der Waals surface area contributed by atoms with Crippen molar-refractivity contribution in [2.24, 2.45) is 5.92 Å². The zero-order valence-corrected chi connectivity index (χ0v) is 8.27. The average Bonchev–Trinajstić information content (AvgIpc) is 2.69. The van der Waals surface area contributed by atoms with Gasteiger partial charge in [0.2, 0.25) is 5.91 Å². The lowest BCUT2D eigenvalue weighted by molar-refractivity contribution is -0.142. The molecule has 0 aromatic carbocycles. The molecule has 1 aliphatic carbocycles. The number of aliphatic carboxylic acids is 1. The van der Waals surface area contributed by atoms with Crippen LogP contribution in [0.1, 0.15) is 19.3 Å². The Hall–Kier alpha value is -1.76. The summed E-state index contributed by atoms with van der Waals surface area (Å²) in [5.74, 6) is 0.775. The topological polar surface area (TPSA) is 66.4 Å². The van der Waals surface area contributed by atoms with Crippen molar-refractivity contribution in [2.45, 2.75) is 25.3 Å². The summed E-state index contributed by atoms with van der Waals surface area (Å²) in [5, 5.41) is 11.2. The Morgan fingerprint density at radius 1 is 1.53 bits per heavy atom. The van der Waals surface area contributed by atoms with Crippen LogP contribution in [0, 0.1) is 18.3 Å². The number of rotatable bonds is 4. The van der Waals surface area contributed by atoms with E-state index in [4.69, 9.17) is 11.5 Å². The quantitative estimate of drug-likeness (QED) is 0.522. The average molecular weight is 207 g/mol. The van der Waals surface area contributed by atoms with Crippen LogP contribution in [0.15, 0.2) is 12.2 Å². The monoisotopic (exact) mass is 207 g/mol. The Morgan fingerprint density at radius 2 is 2.13 bits per heavy atom. The minimum atomic E-state index is -1.09. The third-order valence-corrected chi connectivity index (χ3v) is 2.32. The Labute approximate surface area is 88.4 Å². The summed E-state index contributed by atoms with van der Waals surface area (Å²) in [7, 11) is 0. The summed E-state index contributed by atoms with van der Waals surface area (Å²) in [5.41, 5.74) is 0. The highest BCUT2D eigenvalue weighted by molar-refractivity contribution is 5.85. The SMILES string of the molecule is C#CCC(NC(=O)C1CC=CC1)C(=O)O. The van der Waals surface area contributed by atoms with Gasteiger partial charge in [-0.2, -0.15) is 0 Å². The molecule has 1 amide bonds. The molecule has 0 bridgehead atoms. The van der Waals surface area contributed by atoms with Crippen LogP contribution in [0.4, 0.5) is 0 Å². The van der Waals surface area contributed by atoms with Gasteiger partial charge < -0.3 is 10.4 Å². The molecule has 0 aliphatic heterocycles. The van der Waals surface area contributed by atoms with Crippen LogP contribution in [0.25, 0.3) is 0 Å². The molecule has 0 saturated carbocycles. The second-order valence-corrected chi connectivity index (χ2v) is 3.45. The Kier molecular flexibility index (Phi) is 3.92. The fourth-order valence-electron chi connectivity index (χ4n) is 1.44. The maximum atomic E-state index is 11.6. The lowest BCUT2D eigenvalue weighted by Gasteiger charge is -2.15. The van der Waals surface area contributed by atoms with Gasteiger partial charge in [0.15, 0.2) is 0 Å². The van der Waals surface area contributed by atoms with Gasteiger partial charge in [0.25, 0.3) is 0 Å². The van der Waals surface area contributed by atoms with E-state index < -0.39 is 12.0 Å². The number of amides is 1. The van der Waals surface area contributed by atoms with Gasteiger partial charge in [0, 0.05) is 12.3 Å². The van der Waals surface area contributed by atoms with E-state index >= 15 is 0 Å². The Morgan fingerprint density at radius 3 is 2.60 bits per heavy atom. The van der Waals surface area contributed by atoms with Crippen LogP contribution in [-0.2, 0) is 9.59 Å². The first-order valence-electron chi connectivity index (χ1n) is 4.76. The molecule has 4 nitrogen and oxygen atoms in total. The lowest BCUT2D eigenvalue weighted by atomic mass is 10.1. The number of carbonyl (C=O) groups excluding carboxylic acids is 1. The number of carboxylic acids is 1. The molecule has 1 unspecified atom stereocenters. The van der Waals surface area contributed by atoms with E-state index in [0.717, 1.165) is 0 Å². The van der Waals surface area contributed by atoms with Crippen molar-refractivity contribution in [3.05, 3.63) is 12.2 Å². The summed E-state index contributed by atoms with van der Waals surface area (Å²) < 4.78 is 0. The molecular weight excluding hydrogens is 194 g/mol. The van der Waals surface area contributed by atoms with Crippen LogP contribution in [0.2, 0.25) is 0 Å². The Balaban J connectivity index is 2.47. The van der Waals surface area contributed by atoms with Crippen LogP contribution in [-0.4, -0.2) is 23.0 Å². The fraction of sp³-hybridized carbons (Fsp3) is 0.455. The van der Waals surface area contributed by atoms with E-state index in [1.165, 1.54) is 0 Å². The summed E-state index contributed by atoms with van der Waals surface area (Å²) >= 11 is 0. The van der Waals surface area contributed by atoms with Crippen molar-refractivity contribution >= 4 is 11.9 Å². The third kappa shape index (κ3) is 3.13. The highest BCUT2D eigenvalue weighted by Gasteiger charge is 2.24. The van der Waals surface area contributed by atoms with Crippen molar-refractivity contribution in [3.8, 4) is 12.3 Å². The molecule has 1 aliphatic rings. The van der Waals surface area contributed by atoms with Crippen molar-refractivity contribution in [2.75, 3.05) is 0 Å². The van der Waals surface area contributed by atoms with E-state index in [0.29, 0.717) is 12.8 Å². The van der Waals surface area contributed by atoms with Gasteiger partial charge in [-0.25, -0.2) is 4.79 Å². The highest BCUT2D eigenvalue weighted by atomic mass is 16.4. The van der Waals surface area contributed by atoms with Crippen molar-refractivity contribution in [1.82, 2.24) is 5.32 Å². The van der Waals surface area contributed by atoms with Crippen LogP contribution >= 0.6 is 0 Å². The first-order valence-corrected chi connectivity index (χ1v) is 4.76. The van der Waals surface area contributed by atoms with E-state index in [9.17, 15) is 9.59 Å². The minimum absolute atomic E-state index is 0.0151. The standard InChI is InChI=1S/C11H13NO3/c1-2-5-9(11(14)15)12-10(13)8-6-3-4-7-8/h1,3-4,8-9H,5-7H2,(H,12,13)(H,14,15). The minimum Gasteiger partial charge on any atom is -0.480 e. The highest BCUT2D eigenvalue weighted by Crippen LogP contribution is 2.17. The van der Waals surface area contributed by atoms with Gasteiger partial charge in [-0.3, -0.25) is 4.79 Å². The second kappa shape index (κ2) is 5.20. The number of hydrogen-bond donors (Lipinski definition) is 2. The van der Waals surface area contributed by atoms with E-state index in [1.807, 2.05) is 12.2 Å². The van der Waals surface area contributed by atoms with E-state index in [2.05, 4.69) is 11.2 Å². The maximum Gasteiger partial charge on any atom is 0.327 e. The Bertz CT molecular complexity index is 319. The molecule has 0 radical (unpaired) electrons. The number of carboxylic acid groups (broad SMARTS) is 1. The summed E-state index contributed by atoms with van der Waals surface area (Å²) in [6, 6.07) is -0.969. The van der Waals surface area contributed by atoms with E-state index in [-0.39, 0.29) is 18.2 Å². The largest absolute Gasteiger partial charge is 0.480 e. The second-order valence-electron chi connectivity index (χ2n) is 3.45. The van der Waals surface area contributed by atoms with Gasteiger partial charge in [0.1, 0.15) is 6.04 Å². The van der Waals surface area contributed by atoms with Gasteiger partial charge in [-0.15, -0.1) is 12.3 Å². The van der Waals surface area contributed by atoms with Crippen LogP contribution < -0.4 is 5.32 Å². The van der Waals surface area contributed by atoms with Crippen molar-refractivity contribution in [1.29, 1.82) is 0 Å². The molecule has 0 saturated heterocycles. The molecule has 80 valence electrons. The third-order valence-electron chi connectivity index (χ3n) is 2.32. The van der Waals surface area contributed by atoms with Crippen LogP contribution in [0.5, 0.6) is 0 Å². The fourth-order valence-corrected chi connectivity index (χ4v) is 1.44. The van der Waals surface area contributed by atoms with Gasteiger partial charge in [-0.05, 0) is 12.8 Å². The normalized spacial score (nSPS) is 17.0. The van der Waals surface area contributed by atoms with E-state index in [1.54, 1.807) is 0 Å². The molecule has 0 aromatic rings. The molecule has 0 aromatic heterocycles. The summed E-state index contributed by atoms with van der Waals surface area (Å²) in [6.45, 7) is 0. The lowest BCUT2D eigenvalue weighted by Crippen LogP contribution is -2.43. The molecule has 1 rings (SSSR count). The number of terminal acetylenes is 1. The van der Waals surface area contributed by atoms with Gasteiger partial charge >= 0.3 is 5.97 Å². The van der Waals surface area contributed by atoms with Gasteiger partial charge in [0.05, 0.1) is 0 Å².